The van der Waals surface area contributed by atoms with E-state index in [0.29, 0.717) is 29.7 Å². The van der Waals surface area contributed by atoms with Gasteiger partial charge in [-0.25, -0.2) is 9.78 Å². The largest absolute Gasteiger partial charge is 0.440 e. The van der Waals surface area contributed by atoms with Crippen molar-refractivity contribution in [3.63, 3.8) is 0 Å². The minimum absolute atomic E-state index is 0.219. The summed E-state index contributed by atoms with van der Waals surface area (Å²) in [4.78, 5) is 16.5. The van der Waals surface area contributed by atoms with Gasteiger partial charge in [-0.2, -0.15) is 0 Å². The van der Waals surface area contributed by atoms with Crippen molar-refractivity contribution in [1.82, 2.24) is 10.3 Å². The first-order valence-corrected chi connectivity index (χ1v) is 8.81. The number of aliphatic hydroxyl groups excluding tert-OH is 1. The first-order valence-electron chi connectivity index (χ1n) is 8.81. The lowest BCUT2D eigenvalue weighted by molar-refractivity contribution is 0.101. The van der Waals surface area contributed by atoms with Crippen LogP contribution in [0.1, 0.15) is 50.3 Å². The molecule has 1 heterocycles. The number of aromatic nitrogens is 1. The lowest BCUT2D eigenvalue weighted by Crippen LogP contribution is -2.35. The van der Waals surface area contributed by atoms with Crippen molar-refractivity contribution in [3.05, 3.63) is 24.1 Å². The molecule has 2 atom stereocenters. The van der Waals surface area contributed by atoms with Crippen molar-refractivity contribution in [2.24, 2.45) is 5.92 Å². The molecule has 2 aliphatic carbocycles. The molecule has 2 amide bonds. The fraction of sp³-hybridized carbons (Fsp3) is 0.556. The monoisotopic (exact) mass is 329 g/mol. The maximum Gasteiger partial charge on any atom is 0.319 e. The Labute approximate surface area is 140 Å². The molecule has 4 rings (SSSR count). The minimum atomic E-state index is -0.226. The van der Waals surface area contributed by atoms with Crippen molar-refractivity contribution in [3.8, 4) is 0 Å². The predicted octanol–water partition coefficient (Wildman–Crippen LogP) is 3.38. The summed E-state index contributed by atoms with van der Waals surface area (Å²) >= 11 is 0. The fourth-order valence-electron chi connectivity index (χ4n) is 3.39. The van der Waals surface area contributed by atoms with Gasteiger partial charge < -0.3 is 20.2 Å². The second kappa shape index (κ2) is 6.43. The lowest BCUT2D eigenvalue weighted by atomic mass is 9.87. The number of carbonyl (C=O) groups is 1. The second-order valence-corrected chi connectivity index (χ2v) is 7.03. The quantitative estimate of drug-likeness (QED) is 0.802. The number of oxazole rings is 1. The molecule has 2 fully saturated rings. The number of urea groups is 1. The van der Waals surface area contributed by atoms with E-state index in [2.05, 4.69) is 15.6 Å². The van der Waals surface area contributed by atoms with Crippen LogP contribution in [-0.4, -0.2) is 28.8 Å². The topological polar surface area (TPSA) is 87.4 Å². The molecular weight excluding hydrogens is 306 g/mol. The van der Waals surface area contributed by atoms with Crippen LogP contribution in [0.3, 0.4) is 0 Å². The second-order valence-electron chi connectivity index (χ2n) is 7.03. The zero-order valence-electron chi connectivity index (χ0n) is 13.6. The zero-order chi connectivity index (χ0) is 16.5. The number of anilines is 1. The average Bonchev–Trinajstić information content (AvgIpc) is 3.33. The Morgan fingerprint density at radius 2 is 2.17 bits per heavy atom. The van der Waals surface area contributed by atoms with Crippen molar-refractivity contribution < 1.29 is 14.3 Å². The van der Waals surface area contributed by atoms with Gasteiger partial charge >= 0.3 is 6.03 Å². The molecule has 0 bridgehead atoms. The van der Waals surface area contributed by atoms with Gasteiger partial charge in [0.1, 0.15) is 5.52 Å². The van der Waals surface area contributed by atoms with Gasteiger partial charge in [-0.1, -0.05) is 6.42 Å². The Kier molecular flexibility index (Phi) is 4.14. The normalized spacial score (nSPS) is 24.0. The lowest BCUT2D eigenvalue weighted by Gasteiger charge is -2.25. The van der Waals surface area contributed by atoms with Gasteiger partial charge in [0, 0.05) is 24.2 Å². The van der Waals surface area contributed by atoms with E-state index >= 15 is 0 Å². The maximum atomic E-state index is 12.1. The number of rotatable bonds is 4. The molecule has 2 aliphatic rings. The standard InChI is InChI=1S/C18H23N3O3/c22-14-3-1-2-11(8-14)10-19-18(23)20-13-6-7-15-16(9-13)24-17(21-15)12-4-5-12/h6-7,9,11-12,14,22H,1-5,8,10H2,(H2,19,20,23). The highest BCUT2D eigenvalue weighted by Crippen LogP contribution is 2.40. The number of benzene rings is 1. The molecular formula is C18H23N3O3. The molecule has 0 saturated heterocycles. The van der Waals surface area contributed by atoms with Gasteiger partial charge in [-0.15, -0.1) is 0 Å². The third-order valence-corrected chi connectivity index (χ3v) is 4.90. The van der Waals surface area contributed by atoms with E-state index in [9.17, 15) is 9.90 Å². The number of hydrogen-bond acceptors (Lipinski definition) is 4. The summed E-state index contributed by atoms with van der Waals surface area (Å²) in [5, 5.41) is 15.4. The Morgan fingerprint density at radius 3 is 2.96 bits per heavy atom. The highest BCUT2D eigenvalue weighted by atomic mass is 16.3. The molecule has 2 unspecified atom stereocenters. The minimum Gasteiger partial charge on any atom is -0.440 e. The highest BCUT2D eigenvalue weighted by Gasteiger charge is 2.29. The summed E-state index contributed by atoms with van der Waals surface area (Å²) in [5.74, 6) is 1.64. The van der Waals surface area contributed by atoms with Gasteiger partial charge in [0.15, 0.2) is 11.5 Å². The third-order valence-electron chi connectivity index (χ3n) is 4.90. The number of hydrogen-bond donors (Lipinski definition) is 3. The Balaban J connectivity index is 1.34. The van der Waals surface area contributed by atoms with Crippen LogP contribution < -0.4 is 10.6 Å². The maximum absolute atomic E-state index is 12.1. The van der Waals surface area contributed by atoms with Crippen molar-refractivity contribution in [2.75, 3.05) is 11.9 Å². The summed E-state index contributed by atoms with van der Waals surface area (Å²) in [6, 6.07) is 5.30. The van der Waals surface area contributed by atoms with E-state index in [0.717, 1.165) is 49.9 Å². The Morgan fingerprint density at radius 1 is 1.29 bits per heavy atom. The summed E-state index contributed by atoms with van der Waals surface area (Å²) in [7, 11) is 0. The average molecular weight is 329 g/mol. The van der Waals surface area contributed by atoms with Gasteiger partial charge in [0.25, 0.3) is 0 Å². The SMILES string of the molecule is O=C(NCC1CCCC(O)C1)Nc1ccc2nc(C3CC3)oc2c1. The molecule has 1 aromatic carbocycles. The van der Waals surface area contributed by atoms with Crippen LogP contribution in [-0.2, 0) is 0 Å². The van der Waals surface area contributed by atoms with Crippen molar-refractivity contribution >= 4 is 22.8 Å². The molecule has 24 heavy (non-hydrogen) atoms. The molecule has 3 N–H and O–H groups in total. The Hall–Kier alpha value is -2.08. The van der Waals surface area contributed by atoms with Crippen LogP contribution in [0.25, 0.3) is 11.1 Å². The first-order chi connectivity index (χ1) is 11.7. The third kappa shape index (κ3) is 3.53. The number of aliphatic hydroxyl groups is 1. The van der Waals surface area contributed by atoms with E-state index in [1.807, 2.05) is 18.2 Å². The molecule has 0 aliphatic heterocycles. The van der Waals surface area contributed by atoms with E-state index in [1.54, 1.807) is 0 Å². The van der Waals surface area contributed by atoms with Crippen LogP contribution in [0.5, 0.6) is 0 Å². The van der Waals surface area contributed by atoms with Crippen molar-refractivity contribution in [1.29, 1.82) is 0 Å². The molecule has 2 aromatic rings. The summed E-state index contributed by atoms with van der Waals surface area (Å²) in [5.41, 5.74) is 2.24. The van der Waals surface area contributed by atoms with Gasteiger partial charge in [0.05, 0.1) is 6.10 Å². The van der Waals surface area contributed by atoms with Gasteiger partial charge in [-0.05, 0) is 50.2 Å². The molecule has 128 valence electrons. The van der Waals surface area contributed by atoms with Crippen LogP contribution >= 0.6 is 0 Å². The molecule has 6 heteroatoms. The number of fused-ring (bicyclic) bond motifs is 1. The van der Waals surface area contributed by atoms with Crippen molar-refractivity contribution in [2.45, 2.75) is 50.5 Å². The summed E-state index contributed by atoms with van der Waals surface area (Å²) < 4.78 is 5.77. The fourth-order valence-corrected chi connectivity index (χ4v) is 3.39. The summed E-state index contributed by atoms with van der Waals surface area (Å²) in [6.45, 7) is 0.597. The number of nitrogens with zero attached hydrogens (tertiary/aromatic N) is 1. The highest BCUT2D eigenvalue weighted by molar-refractivity contribution is 5.91. The first kappa shape index (κ1) is 15.4. The molecule has 2 saturated carbocycles. The molecule has 0 radical (unpaired) electrons. The summed E-state index contributed by atoms with van der Waals surface area (Å²) in [6.07, 6.45) is 5.82. The van der Waals surface area contributed by atoms with E-state index in [1.165, 1.54) is 0 Å². The molecule has 0 spiro atoms. The van der Waals surface area contributed by atoms with E-state index < -0.39 is 0 Å². The smallest absolute Gasteiger partial charge is 0.319 e. The molecule has 1 aromatic heterocycles. The number of amides is 2. The van der Waals surface area contributed by atoms with Gasteiger partial charge in [0.2, 0.25) is 0 Å². The molecule has 6 nitrogen and oxygen atoms in total. The van der Waals surface area contributed by atoms with Crippen LogP contribution in [0.4, 0.5) is 10.5 Å². The Bertz CT molecular complexity index is 738. The van der Waals surface area contributed by atoms with E-state index in [4.69, 9.17) is 4.42 Å². The van der Waals surface area contributed by atoms with Gasteiger partial charge in [-0.3, -0.25) is 0 Å². The van der Waals surface area contributed by atoms with Crippen LogP contribution in [0.15, 0.2) is 22.6 Å². The van der Waals surface area contributed by atoms with Crippen LogP contribution in [0, 0.1) is 5.92 Å². The number of carbonyl (C=O) groups excluding carboxylic acids is 1. The van der Waals surface area contributed by atoms with E-state index in [-0.39, 0.29) is 12.1 Å². The zero-order valence-corrected chi connectivity index (χ0v) is 13.6. The predicted molar refractivity (Wildman–Crippen MR) is 91.0 cm³/mol. The number of nitrogens with one attached hydrogen (secondary N) is 2. The van der Waals surface area contributed by atoms with Crippen LogP contribution in [0.2, 0.25) is 0 Å².